The maximum Gasteiger partial charge on any atom is 0.145 e. The monoisotopic (exact) mass is 240 g/mol. The molecule has 3 aromatic rings. The molecule has 2 heterocycles. The maximum absolute atomic E-state index is 5.63. The Morgan fingerprint density at radius 3 is 2.94 bits per heavy atom. The van der Waals surface area contributed by atoms with Gasteiger partial charge in [-0.2, -0.15) is 5.10 Å². The molecule has 0 aliphatic rings. The van der Waals surface area contributed by atoms with Gasteiger partial charge in [-0.25, -0.2) is 19.6 Å². The first-order chi connectivity index (χ1) is 8.79. The molecule has 0 spiro atoms. The largest absolute Gasteiger partial charge is 0.324 e. The average Bonchev–Trinajstić information content (AvgIpc) is 2.87. The van der Waals surface area contributed by atoms with Gasteiger partial charge in [0.2, 0.25) is 0 Å². The van der Waals surface area contributed by atoms with E-state index in [1.807, 2.05) is 25.3 Å². The van der Waals surface area contributed by atoms with Crippen molar-refractivity contribution in [3.63, 3.8) is 0 Å². The minimum absolute atomic E-state index is 0.348. The fourth-order valence-corrected chi connectivity index (χ4v) is 1.98. The van der Waals surface area contributed by atoms with Crippen molar-refractivity contribution in [2.24, 2.45) is 5.73 Å². The van der Waals surface area contributed by atoms with Crippen molar-refractivity contribution in [1.29, 1.82) is 0 Å². The third kappa shape index (κ3) is 1.63. The molecule has 0 atom stereocenters. The van der Waals surface area contributed by atoms with E-state index in [4.69, 9.17) is 5.73 Å². The second-order valence-corrected chi connectivity index (χ2v) is 4.01. The molecule has 0 aliphatic carbocycles. The van der Waals surface area contributed by atoms with E-state index in [1.165, 1.54) is 12.7 Å². The van der Waals surface area contributed by atoms with Gasteiger partial charge in [-0.3, -0.25) is 0 Å². The molecule has 0 radical (unpaired) electrons. The van der Waals surface area contributed by atoms with Crippen molar-refractivity contribution in [1.82, 2.24) is 24.7 Å². The highest BCUT2D eigenvalue weighted by Crippen LogP contribution is 2.20. The second-order valence-electron chi connectivity index (χ2n) is 4.01. The quantitative estimate of drug-likeness (QED) is 0.722. The molecule has 2 N–H and O–H groups in total. The Bertz CT molecular complexity index is 703. The number of benzene rings is 1. The number of hydrogen-bond donors (Lipinski definition) is 1. The Morgan fingerprint density at radius 1 is 1.22 bits per heavy atom. The lowest BCUT2D eigenvalue weighted by Gasteiger charge is -2.07. The summed E-state index contributed by atoms with van der Waals surface area (Å²) in [5.41, 5.74) is 8.53. The molecule has 6 heteroatoms. The van der Waals surface area contributed by atoms with Crippen LogP contribution in [0.1, 0.15) is 11.4 Å². The third-order valence-corrected chi connectivity index (χ3v) is 2.86. The maximum atomic E-state index is 5.63. The molecule has 0 bridgehead atoms. The summed E-state index contributed by atoms with van der Waals surface area (Å²) >= 11 is 0. The van der Waals surface area contributed by atoms with Crippen LogP contribution in [0.25, 0.3) is 16.6 Å². The van der Waals surface area contributed by atoms with Gasteiger partial charge in [0.1, 0.15) is 18.5 Å². The van der Waals surface area contributed by atoms with Crippen molar-refractivity contribution in [2.45, 2.75) is 13.5 Å². The van der Waals surface area contributed by atoms with Crippen molar-refractivity contribution < 1.29 is 0 Å². The van der Waals surface area contributed by atoms with Gasteiger partial charge in [-0.1, -0.05) is 0 Å². The van der Waals surface area contributed by atoms with Crippen LogP contribution >= 0.6 is 0 Å². The van der Waals surface area contributed by atoms with Crippen LogP contribution < -0.4 is 5.73 Å². The number of aromatic nitrogens is 5. The van der Waals surface area contributed by atoms with Gasteiger partial charge in [0.25, 0.3) is 0 Å². The summed E-state index contributed by atoms with van der Waals surface area (Å²) in [5, 5.41) is 5.22. The van der Waals surface area contributed by atoms with E-state index >= 15 is 0 Å². The lowest BCUT2D eigenvalue weighted by molar-refractivity contribution is 0.789. The predicted octanol–water partition coefficient (Wildman–Crippen LogP) is 0.978. The summed E-state index contributed by atoms with van der Waals surface area (Å²) in [6.07, 6.45) is 4.85. The molecular formula is C12H12N6. The normalized spacial score (nSPS) is 11.0. The number of fused-ring (bicyclic) bond motifs is 1. The Balaban J connectivity index is 2.25. The molecule has 0 unspecified atom stereocenters. The van der Waals surface area contributed by atoms with Gasteiger partial charge in [-0.05, 0) is 24.6 Å². The summed E-state index contributed by atoms with van der Waals surface area (Å²) < 4.78 is 1.73. The van der Waals surface area contributed by atoms with Crippen molar-refractivity contribution in [3.05, 3.63) is 42.4 Å². The molecule has 3 rings (SSSR count). The minimum atomic E-state index is 0.348. The predicted molar refractivity (Wildman–Crippen MR) is 67.1 cm³/mol. The van der Waals surface area contributed by atoms with Gasteiger partial charge in [0.05, 0.1) is 17.7 Å². The van der Waals surface area contributed by atoms with Crippen LogP contribution in [0.3, 0.4) is 0 Å². The highest BCUT2D eigenvalue weighted by atomic mass is 15.3. The topological polar surface area (TPSA) is 82.5 Å². The van der Waals surface area contributed by atoms with Crippen LogP contribution in [0.15, 0.2) is 31.0 Å². The summed E-state index contributed by atoms with van der Waals surface area (Å²) in [4.78, 5) is 12.4. The van der Waals surface area contributed by atoms with Crippen LogP contribution in [0.5, 0.6) is 0 Å². The Labute approximate surface area is 104 Å². The molecule has 0 saturated heterocycles. The second kappa shape index (κ2) is 4.15. The molecule has 6 nitrogen and oxygen atoms in total. The number of hydrogen-bond acceptors (Lipinski definition) is 5. The summed E-state index contributed by atoms with van der Waals surface area (Å²) in [7, 11) is 0. The summed E-state index contributed by atoms with van der Waals surface area (Å²) in [6.45, 7) is 2.37. The van der Waals surface area contributed by atoms with E-state index in [2.05, 4.69) is 20.1 Å². The lowest BCUT2D eigenvalue weighted by atomic mass is 10.1. The van der Waals surface area contributed by atoms with E-state index in [-0.39, 0.29) is 0 Å². The first-order valence-electron chi connectivity index (χ1n) is 5.59. The van der Waals surface area contributed by atoms with Crippen molar-refractivity contribution >= 4 is 10.9 Å². The Hall–Kier alpha value is -2.34. The molecule has 90 valence electrons. The fourth-order valence-electron chi connectivity index (χ4n) is 1.98. The molecule has 1 aromatic carbocycles. The Morgan fingerprint density at radius 2 is 2.11 bits per heavy atom. The van der Waals surface area contributed by atoms with Crippen molar-refractivity contribution in [2.75, 3.05) is 0 Å². The molecule has 0 amide bonds. The number of rotatable bonds is 2. The summed E-state index contributed by atoms with van der Waals surface area (Å²) in [6, 6.07) is 3.98. The van der Waals surface area contributed by atoms with Gasteiger partial charge >= 0.3 is 0 Å². The van der Waals surface area contributed by atoms with E-state index < -0.39 is 0 Å². The number of nitrogens with two attached hydrogens (primary N) is 1. The first-order valence-corrected chi connectivity index (χ1v) is 5.59. The standard InChI is InChI=1S/C12H12N6/c1-8-2-9(18-12(4-13)16-7-17-18)3-11-10(8)5-14-6-15-11/h2-3,5-7H,4,13H2,1H3. The smallest absolute Gasteiger partial charge is 0.145 e. The highest BCUT2D eigenvalue weighted by molar-refractivity contribution is 5.83. The molecule has 2 aromatic heterocycles. The number of aryl methyl sites for hydroxylation is 1. The van der Waals surface area contributed by atoms with Crippen LogP contribution in [-0.2, 0) is 6.54 Å². The van der Waals surface area contributed by atoms with Gasteiger partial charge in [-0.15, -0.1) is 0 Å². The third-order valence-electron chi connectivity index (χ3n) is 2.86. The lowest BCUT2D eigenvalue weighted by Crippen LogP contribution is -2.08. The van der Waals surface area contributed by atoms with Crippen LogP contribution in [0.2, 0.25) is 0 Å². The summed E-state index contributed by atoms with van der Waals surface area (Å²) in [5.74, 6) is 0.725. The van der Waals surface area contributed by atoms with E-state index in [0.717, 1.165) is 28.0 Å². The molecule has 0 aliphatic heterocycles. The average molecular weight is 240 g/mol. The Kier molecular flexibility index (Phi) is 2.49. The van der Waals surface area contributed by atoms with Crippen LogP contribution in [0, 0.1) is 6.92 Å². The van der Waals surface area contributed by atoms with Crippen LogP contribution in [0.4, 0.5) is 0 Å². The minimum Gasteiger partial charge on any atom is -0.324 e. The van der Waals surface area contributed by atoms with E-state index in [0.29, 0.717) is 6.54 Å². The molecular weight excluding hydrogens is 228 g/mol. The van der Waals surface area contributed by atoms with E-state index in [1.54, 1.807) is 4.68 Å². The van der Waals surface area contributed by atoms with Gasteiger partial charge in [0.15, 0.2) is 0 Å². The zero-order valence-electron chi connectivity index (χ0n) is 9.91. The zero-order valence-corrected chi connectivity index (χ0v) is 9.91. The molecule has 0 fully saturated rings. The molecule has 0 saturated carbocycles. The SMILES string of the molecule is Cc1cc(-n2ncnc2CN)cc2ncncc12. The van der Waals surface area contributed by atoms with Gasteiger partial charge in [0, 0.05) is 11.6 Å². The fraction of sp³-hybridized carbons (Fsp3) is 0.167. The van der Waals surface area contributed by atoms with Crippen molar-refractivity contribution in [3.8, 4) is 5.69 Å². The first kappa shape index (κ1) is 10.8. The van der Waals surface area contributed by atoms with E-state index in [9.17, 15) is 0 Å². The zero-order chi connectivity index (χ0) is 12.5. The number of nitrogens with zero attached hydrogens (tertiary/aromatic N) is 5. The van der Waals surface area contributed by atoms with Crippen LogP contribution in [-0.4, -0.2) is 24.7 Å². The highest BCUT2D eigenvalue weighted by Gasteiger charge is 2.08. The molecule has 18 heavy (non-hydrogen) atoms. The van der Waals surface area contributed by atoms with Gasteiger partial charge < -0.3 is 5.73 Å².